The molecule has 116 valence electrons. The molecule has 0 unspecified atom stereocenters. The molecular weight excluding hydrogens is 268 g/mol. The summed E-state index contributed by atoms with van der Waals surface area (Å²) in [5, 5.41) is 2.75. The monoisotopic (exact) mass is 292 g/mol. The molecule has 0 atom stereocenters. The van der Waals surface area contributed by atoms with E-state index in [1.807, 2.05) is 38.1 Å². The summed E-state index contributed by atoms with van der Waals surface area (Å²) in [5.41, 5.74) is 1.15. The molecule has 0 radical (unpaired) electrons. The van der Waals surface area contributed by atoms with Gasteiger partial charge in [0.1, 0.15) is 5.75 Å². The Morgan fingerprint density at radius 3 is 2.43 bits per heavy atom. The van der Waals surface area contributed by atoms with Gasteiger partial charge in [0, 0.05) is 26.6 Å². The largest absolute Gasteiger partial charge is 0.484 e. The molecule has 21 heavy (non-hydrogen) atoms. The van der Waals surface area contributed by atoms with E-state index in [1.165, 1.54) is 6.92 Å². The predicted molar refractivity (Wildman–Crippen MR) is 82.2 cm³/mol. The summed E-state index contributed by atoms with van der Waals surface area (Å²) in [7, 11) is 0. The second-order valence-electron chi connectivity index (χ2n) is 4.96. The molecule has 1 aromatic rings. The molecule has 0 bridgehead atoms. The van der Waals surface area contributed by atoms with Crippen molar-refractivity contribution in [3.63, 3.8) is 0 Å². The van der Waals surface area contributed by atoms with Crippen molar-refractivity contribution in [3.8, 4) is 5.75 Å². The van der Waals surface area contributed by atoms with Gasteiger partial charge in [0.25, 0.3) is 5.91 Å². The van der Waals surface area contributed by atoms with Gasteiger partial charge in [-0.2, -0.15) is 0 Å². The van der Waals surface area contributed by atoms with Crippen LogP contribution in [0.25, 0.3) is 0 Å². The van der Waals surface area contributed by atoms with Gasteiger partial charge in [0.15, 0.2) is 6.61 Å². The SMILES string of the molecule is CCCN(CCNC(=O)COc1ccc(C)cc1)C(C)=O. The van der Waals surface area contributed by atoms with Gasteiger partial charge >= 0.3 is 0 Å². The highest BCUT2D eigenvalue weighted by atomic mass is 16.5. The van der Waals surface area contributed by atoms with Crippen LogP contribution in [0, 0.1) is 6.92 Å². The maximum absolute atomic E-state index is 11.7. The summed E-state index contributed by atoms with van der Waals surface area (Å²) in [6.45, 7) is 7.21. The summed E-state index contributed by atoms with van der Waals surface area (Å²) >= 11 is 0. The minimum atomic E-state index is -0.185. The fourth-order valence-corrected chi connectivity index (χ4v) is 1.86. The molecule has 2 amide bonds. The van der Waals surface area contributed by atoms with Crippen LogP contribution in [0.4, 0.5) is 0 Å². The van der Waals surface area contributed by atoms with Crippen LogP contribution in [-0.4, -0.2) is 43.0 Å². The number of amides is 2. The van der Waals surface area contributed by atoms with Gasteiger partial charge in [-0.3, -0.25) is 9.59 Å². The van der Waals surface area contributed by atoms with E-state index in [2.05, 4.69) is 5.32 Å². The highest BCUT2D eigenvalue weighted by Crippen LogP contribution is 2.10. The first-order valence-electron chi connectivity index (χ1n) is 7.24. The van der Waals surface area contributed by atoms with Gasteiger partial charge in [-0.1, -0.05) is 24.6 Å². The Labute approximate surface area is 126 Å². The number of aryl methyl sites for hydroxylation is 1. The average molecular weight is 292 g/mol. The number of rotatable bonds is 8. The van der Waals surface area contributed by atoms with E-state index in [-0.39, 0.29) is 18.4 Å². The zero-order valence-electron chi connectivity index (χ0n) is 13.0. The van der Waals surface area contributed by atoms with Crippen LogP contribution < -0.4 is 10.1 Å². The van der Waals surface area contributed by atoms with Gasteiger partial charge in [-0.05, 0) is 25.5 Å². The zero-order chi connectivity index (χ0) is 15.7. The third kappa shape index (κ3) is 6.79. The minimum absolute atomic E-state index is 0.0170. The number of benzene rings is 1. The zero-order valence-corrected chi connectivity index (χ0v) is 13.0. The molecule has 0 fully saturated rings. The molecule has 1 N–H and O–H groups in total. The van der Waals surface area contributed by atoms with Gasteiger partial charge in [-0.25, -0.2) is 0 Å². The van der Waals surface area contributed by atoms with Crippen LogP contribution in [0.15, 0.2) is 24.3 Å². The molecule has 0 saturated carbocycles. The number of carbonyl (C=O) groups is 2. The molecule has 0 spiro atoms. The van der Waals surface area contributed by atoms with E-state index >= 15 is 0 Å². The average Bonchev–Trinajstić information content (AvgIpc) is 2.45. The van der Waals surface area contributed by atoms with E-state index in [0.717, 1.165) is 12.0 Å². The van der Waals surface area contributed by atoms with Crippen LogP contribution in [0.1, 0.15) is 25.8 Å². The van der Waals surface area contributed by atoms with Gasteiger partial charge < -0.3 is 15.0 Å². The summed E-state index contributed by atoms with van der Waals surface area (Å²) in [5.74, 6) is 0.518. The van der Waals surface area contributed by atoms with Crippen LogP contribution in [-0.2, 0) is 9.59 Å². The van der Waals surface area contributed by atoms with E-state index < -0.39 is 0 Å². The lowest BCUT2D eigenvalue weighted by atomic mass is 10.2. The molecule has 0 aliphatic heterocycles. The Morgan fingerprint density at radius 1 is 1.19 bits per heavy atom. The van der Waals surface area contributed by atoms with Crippen molar-refractivity contribution in [3.05, 3.63) is 29.8 Å². The number of hydrogen-bond donors (Lipinski definition) is 1. The number of hydrogen-bond acceptors (Lipinski definition) is 3. The smallest absolute Gasteiger partial charge is 0.258 e. The molecular formula is C16H24N2O3. The molecule has 5 heteroatoms. The second kappa shape index (κ2) is 9.00. The highest BCUT2D eigenvalue weighted by Gasteiger charge is 2.08. The molecule has 5 nitrogen and oxygen atoms in total. The quantitative estimate of drug-likeness (QED) is 0.794. The number of ether oxygens (including phenoxy) is 1. The Balaban J connectivity index is 2.24. The summed E-state index contributed by atoms with van der Waals surface area (Å²) < 4.78 is 5.38. The van der Waals surface area contributed by atoms with Crippen molar-refractivity contribution in [2.75, 3.05) is 26.2 Å². The molecule has 0 heterocycles. The van der Waals surface area contributed by atoms with Crippen LogP contribution in [0.5, 0.6) is 5.75 Å². The van der Waals surface area contributed by atoms with Crippen molar-refractivity contribution < 1.29 is 14.3 Å². The maximum Gasteiger partial charge on any atom is 0.258 e. The lowest BCUT2D eigenvalue weighted by Gasteiger charge is -2.20. The number of nitrogens with zero attached hydrogens (tertiary/aromatic N) is 1. The summed E-state index contributed by atoms with van der Waals surface area (Å²) in [6, 6.07) is 7.54. The molecule has 0 aliphatic carbocycles. The first-order chi connectivity index (χ1) is 10.0. The fourth-order valence-electron chi connectivity index (χ4n) is 1.86. The minimum Gasteiger partial charge on any atom is -0.484 e. The van der Waals surface area contributed by atoms with Gasteiger partial charge in [-0.15, -0.1) is 0 Å². The fraction of sp³-hybridized carbons (Fsp3) is 0.500. The molecule has 0 aromatic heterocycles. The van der Waals surface area contributed by atoms with Gasteiger partial charge in [0.05, 0.1) is 0 Å². The molecule has 1 rings (SSSR count). The van der Waals surface area contributed by atoms with E-state index in [4.69, 9.17) is 4.74 Å². The Kier molecular flexibility index (Phi) is 7.29. The second-order valence-corrected chi connectivity index (χ2v) is 4.96. The highest BCUT2D eigenvalue weighted by molar-refractivity contribution is 5.77. The third-order valence-corrected chi connectivity index (χ3v) is 3.03. The molecule has 0 saturated heterocycles. The predicted octanol–water partition coefficient (Wildman–Crippen LogP) is 1.75. The lowest BCUT2D eigenvalue weighted by molar-refractivity contribution is -0.129. The standard InChI is InChI=1S/C16H24N2O3/c1-4-10-18(14(3)19)11-9-17-16(20)12-21-15-7-5-13(2)6-8-15/h5-8H,4,9-12H2,1-3H3,(H,17,20). The Bertz CT molecular complexity index is 457. The molecule has 1 aromatic carbocycles. The lowest BCUT2D eigenvalue weighted by Crippen LogP contribution is -2.39. The van der Waals surface area contributed by atoms with Crippen LogP contribution >= 0.6 is 0 Å². The van der Waals surface area contributed by atoms with Crippen molar-refractivity contribution >= 4 is 11.8 Å². The van der Waals surface area contributed by atoms with Crippen molar-refractivity contribution in [2.24, 2.45) is 0 Å². The van der Waals surface area contributed by atoms with Gasteiger partial charge in [0.2, 0.25) is 5.91 Å². The van der Waals surface area contributed by atoms with Crippen molar-refractivity contribution in [1.29, 1.82) is 0 Å². The number of carbonyl (C=O) groups excluding carboxylic acids is 2. The Hall–Kier alpha value is -2.04. The van der Waals surface area contributed by atoms with Crippen LogP contribution in [0.2, 0.25) is 0 Å². The van der Waals surface area contributed by atoms with E-state index in [9.17, 15) is 9.59 Å². The maximum atomic E-state index is 11.7. The third-order valence-electron chi connectivity index (χ3n) is 3.03. The summed E-state index contributed by atoms with van der Waals surface area (Å²) in [4.78, 5) is 24.7. The van der Waals surface area contributed by atoms with E-state index in [0.29, 0.717) is 25.4 Å². The van der Waals surface area contributed by atoms with Crippen molar-refractivity contribution in [1.82, 2.24) is 10.2 Å². The normalized spacial score (nSPS) is 10.0. The van der Waals surface area contributed by atoms with Crippen molar-refractivity contribution in [2.45, 2.75) is 27.2 Å². The number of nitrogens with one attached hydrogen (secondary N) is 1. The first kappa shape index (κ1) is 17.0. The van der Waals surface area contributed by atoms with Crippen LogP contribution in [0.3, 0.4) is 0 Å². The topological polar surface area (TPSA) is 58.6 Å². The van der Waals surface area contributed by atoms with E-state index in [1.54, 1.807) is 4.90 Å². The molecule has 0 aliphatic rings. The summed E-state index contributed by atoms with van der Waals surface area (Å²) in [6.07, 6.45) is 0.907. The first-order valence-corrected chi connectivity index (χ1v) is 7.24. The Morgan fingerprint density at radius 2 is 1.86 bits per heavy atom.